The van der Waals surface area contributed by atoms with Crippen LogP contribution < -0.4 is 10.0 Å². The number of nitrogens with one attached hydrogen (secondary N) is 4. The quantitative estimate of drug-likeness (QED) is 0.168. The van der Waals surface area contributed by atoms with Crippen LogP contribution in [0.2, 0.25) is 0 Å². The molecular formula is C33H25FN8O3S. The van der Waals surface area contributed by atoms with Crippen LogP contribution >= 0.6 is 0 Å². The van der Waals surface area contributed by atoms with Crippen molar-refractivity contribution in [1.82, 2.24) is 34.9 Å². The molecule has 0 aliphatic heterocycles. The van der Waals surface area contributed by atoms with Gasteiger partial charge >= 0.3 is 0 Å². The first-order chi connectivity index (χ1) is 22.2. The summed E-state index contributed by atoms with van der Waals surface area (Å²) in [6, 6.07) is 22.5. The lowest BCUT2D eigenvalue weighted by Crippen LogP contribution is -2.21. The molecule has 0 atom stereocenters. The van der Waals surface area contributed by atoms with E-state index in [1.807, 2.05) is 30.3 Å². The molecule has 46 heavy (non-hydrogen) atoms. The number of para-hydroxylation sites is 1. The lowest BCUT2D eigenvalue weighted by Gasteiger charge is -2.08. The summed E-state index contributed by atoms with van der Waals surface area (Å²) in [5.41, 5.74) is 6.62. The summed E-state index contributed by atoms with van der Waals surface area (Å²) >= 11 is 0. The molecule has 0 spiro atoms. The van der Waals surface area contributed by atoms with Crippen molar-refractivity contribution < 1.29 is 17.6 Å². The van der Waals surface area contributed by atoms with Crippen molar-refractivity contribution in [3.8, 4) is 33.9 Å². The molecule has 7 aromatic rings. The summed E-state index contributed by atoms with van der Waals surface area (Å²) in [6.07, 6.45) is 5.96. The van der Waals surface area contributed by atoms with Gasteiger partial charge in [0.05, 0.1) is 46.6 Å². The minimum Gasteiger partial charge on any atom is -0.337 e. The number of benzene rings is 3. The summed E-state index contributed by atoms with van der Waals surface area (Å²) < 4.78 is 40.2. The van der Waals surface area contributed by atoms with Gasteiger partial charge < -0.3 is 10.3 Å². The van der Waals surface area contributed by atoms with Crippen molar-refractivity contribution >= 4 is 43.6 Å². The molecule has 7 rings (SSSR count). The monoisotopic (exact) mass is 632 g/mol. The fourth-order valence-corrected chi connectivity index (χ4v) is 5.62. The van der Waals surface area contributed by atoms with Crippen molar-refractivity contribution in [3.63, 3.8) is 0 Å². The molecule has 0 fully saturated rings. The van der Waals surface area contributed by atoms with Gasteiger partial charge in [-0.25, -0.2) is 22.5 Å². The molecule has 4 N–H and O–H groups in total. The Balaban J connectivity index is 1.22. The molecule has 1 amide bonds. The Morgan fingerprint density at radius 2 is 1.76 bits per heavy atom. The van der Waals surface area contributed by atoms with Gasteiger partial charge in [0.15, 0.2) is 5.82 Å². The number of nitrogens with zero attached hydrogens (tertiary/aromatic N) is 4. The van der Waals surface area contributed by atoms with Crippen LogP contribution in [0.5, 0.6) is 0 Å². The first kappa shape index (κ1) is 29.0. The topological polar surface area (TPSA) is 158 Å². The van der Waals surface area contributed by atoms with Gasteiger partial charge in [0.25, 0.3) is 5.91 Å². The molecule has 0 aliphatic rings. The van der Waals surface area contributed by atoms with Crippen molar-refractivity contribution in [2.45, 2.75) is 6.54 Å². The zero-order chi connectivity index (χ0) is 31.8. The molecule has 0 saturated carbocycles. The maximum atomic E-state index is 14.6. The Kier molecular flexibility index (Phi) is 7.31. The Bertz CT molecular complexity index is 2370. The molecule has 228 valence electrons. The number of amides is 1. The molecule has 0 unspecified atom stereocenters. The second-order valence-corrected chi connectivity index (χ2v) is 12.5. The van der Waals surface area contributed by atoms with Crippen molar-refractivity contribution in [2.75, 3.05) is 11.6 Å². The standard InChI is InChI=1S/C33H25FN8O3S/c1-46(44,45)37-15-19-10-21(12-23(34)11-19)25-8-5-9-27-30(25)40-32(39-27)31-26-14-28(36-18-29(26)41-42-31)22-13-24(17-35-16-22)38-33(43)20-6-3-2-4-7-20/h2-14,16-18,37H,15H2,1H3,(H,38,43)(H,39,40)(H,41,42). The number of fused-ring (bicyclic) bond motifs is 2. The van der Waals surface area contributed by atoms with E-state index >= 15 is 0 Å². The van der Waals surface area contributed by atoms with Gasteiger partial charge in [-0.2, -0.15) is 5.10 Å². The van der Waals surface area contributed by atoms with Gasteiger partial charge in [0, 0.05) is 34.8 Å². The first-order valence-corrected chi connectivity index (χ1v) is 16.0. The molecule has 3 aromatic carbocycles. The number of pyridine rings is 2. The van der Waals surface area contributed by atoms with E-state index < -0.39 is 15.8 Å². The number of carbonyl (C=O) groups is 1. The van der Waals surface area contributed by atoms with Crippen LogP contribution in [0.4, 0.5) is 10.1 Å². The molecule has 4 heterocycles. The van der Waals surface area contributed by atoms with Crippen LogP contribution in [0.25, 0.3) is 55.8 Å². The number of anilines is 1. The Morgan fingerprint density at radius 3 is 2.59 bits per heavy atom. The van der Waals surface area contributed by atoms with E-state index in [1.54, 1.807) is 55.0 Å². The predicted molar refractivity (Wildman–Crippen MR) is 174 cm³/mol. The average Bonchev–Trinajstić information content (AvgIpc) is 3.68. The highest BCUT2D eigenvalue weighted by Crippen LogP contribution is 2.33. The van der Waals surface area contributed by atoms with Crippen LogP contribution in [0, 0.1) is 5.82 Å². The minimum absolute atomic E-state index is 0.0428. The first-order valence-electron chi connectivity index (χ1n) is 14.1. The van der Waals surface area contributed by atoms with Crippen molar-refractivity contribution in [2.24, 2.45) is 0 Å². The van der Waals surface area contributed by atoms with Gasteiger partial charge in [-0.1, -0.05) is 30.3 Å². The lowest BCUT2D eigenvalue weighted by molar-refractivity contribution is 0.102. The van der Waals surface area contributed by atoms with Crippen LogP contribution in [-0.4, -0.2) is 50.7 Å². The van der Waals surface area contributed by atoms with E-state index in [2.05, 4.69) is 35.2 Å². The average molecular weight is 633 g/mol. The second kappa shape index (κ2) is 11.6. The number of aromatic nitrogens is 6. The normalized spacial score (nSPS) is 11.7. The van der Waals surface area contributed by atoms with Crippen LogP contribution in [0.1, 0.15) is 15.9 Å². The van der Waals surface area contributed by atoms with E-state index in [0.29, 0.717) is 67.3 Å². The third-order valence-corrected chi connectivity index (χ3v) is 7.99. The largest absolute Gasteiger partial charge is 0.337 e. The Morgan fingerprint density at radius 1 is 0.913 bits per heavy atom. The fraction of sp³-hybridized carbons (Fsp3) is 0.0606. The number of hydrogen-bond acceptors (Lipinski definition) is 7. The van der Waals surface area contributed by atoms with Gasteiger partial charge in [-0.3, -0.25) is 19.9 Å². The van der Waals surface area contributed by atoms with Crippen molar-refractivity contribution in [1.29, 1.82) is 0 Å². The van der Waals surface area contributed by atoms with Crippen LogP contribution in [0.3, 0.4) is 0 Å². The number of carbonyl (C=O) groups excluding carboxylic acids is 1. The molecule has 13 heteroatoms. The van der Waals surface area contributed by atoms with Gasteiger partial charge in [-0.05, 0) is 59.7 Å². The summed E-state index contributed by atoms with van der Waals surface area (Å²) in [5, 5.41) is 11.1. The number of halogens is 1. The number of rotatable bonds is 8. The highest BCUT2D eigenvalue weighted by Gasteiger charge is 2.17. The minimum atomic E-state index is -3.45. The van der Waals surface area contributed by atoms with Gasteiger partial charge in [0.2, 0.25) is 10.0 Å². The summed E-state index contributed by atoms with van der Waals surface area (Å²) in [5.74, 6) is -0.250. The van der Waals surface area contributed by atoms with E-state index in [-0.39, 0.29) is 12.5 Å². The summed E-state index contributed by atoms with van der Waals surface area (Å²) in [4.78, 5) is 29.7. The molecule has 0 saturated heterocycles. The van der Waals surface area contributed by atoms with Crippen LogP contribution in [-0.2, 0) is 16.6 Å². The third kappa shape index (κ3) is 5.96. The van der Waals surface area contributed by atoms with Gasteiger partial charge in [0.1, 0.15) is 11.5 Å². The lowest BCUT2D eigenvalue weighted by atomic mass is 10.0. The van der Waals surface area contributed by atoms with E-state index in [4.69, 9.17) is 4.98 Å². The highest BCUT2D eigenvalue weighted by atomic mass is 32.2. The van der Waals surface area contributed by atoms with Gasteiger partial charge in [-0.15, -0.1) is 0 Å². The Labute approximate surface area is 262 Å². The number of sulfonamides is 1. The van der Waals surface area contributed by atoms with E-state index in [9.17, 15) is 17.6 Å². The fourth-order valence-electron chi connectivity index (χ4n) is 5.20. The predicted octanol–water partition coefficient (Wildman–Crippen LogP) is 5.67. The second-order valence-electron chi connectivity index (χ2n) is 10.7. The summed E-state index contributed by atoms with van der Waals surface area (Å²) in [6.45, 7) is -0.0428. The molecule has 4 aromatic heterocycles. The third-order valence-electron chi connectivity index (χ3n) is 7.32. The smallest absolute Gasteiger partial charge is 0.255 e. The maximum Gasteiger partial charge on any atom is 0.255 e. The number of hydrogen-bond donors (Lipinski definition) is 4. The maximum absolute atomic E-state index is 14.6. The molecule has 11 nitrogen and oxygen atoms in total. The number of aromatic amines is 2. The zero-order valence-electron chi connectivity index (χ0n) is 24.2. The number of H-pyrrole nitrogens is 2. The molecule has 0 radical (unpaired) electrons. The molecule has 0 aliphatic carbocycles. The van der Waals surface area contributed by atoms with E-state index in [0.717, 1.165) is 11.6 Å². The summed E-state index contributed by atoms with van der Waals surface area (Å²) in [7, 11) is -3.45. The van der Waals surface area contributed by atoms with Crippen LogP contribution in [0.15, 0.2) is 97.5 Å². The highest BCUT2D eigenvalue weighted by molar-refractivity contribution is 7.88. The zero-order valence-corrected chi connectivity index (χ0v) is 25.1. The SMILES string of the molecule is CS(=O)(=O)NCc1cc(F)cc(-c2cccc3[nH]c(-c4n[nH]c5cnc(-c6cncc(NC(=O)c7ccccc7)c6)cc45)nc23)c1. The molecule has 0 bridgehead atoms. The molecular weight excluding hydrogens is 607 g/mol. The number of imidazole rings is 1. The van der Waals surface area contributed by atoms with E-state index in [1.165, 1.54) is 12.1 Å². The Hall–Kier alpha value is -5.79. The van der Waals surface area contributed by atoms with Crippen molar-refractivity contribution in [3.05, 3.63) is 114 Å².